The van der Waals surface area contributed by atoms with Gasteiger partial charge in [-0.3, -0.25) is 9.59 Å². The summed E-state index contributed by atoms with van der Waals surface area (Å²) < 4.78 is 50.5. The molecule has 63 heavy (non-hydrogen) atoms. The molecule has 0 fully saturated rings. The molecule has 2 heterocycles. The molecule has 4 aromatic rings. The van der Waals surface area contributed by atoms with Gasteiger partial charge in [0.05, 0.1) is 91.3 Å². The molecule has 2 aliphatic heterocycles. The van der Waals surface area contributed by atoms with Gasteiger partial charge in [0.1, 0.15) is 28.7 Å². The van der Waals surface area contributed by atoms with Crippen molar-refractivity contribution < 1.29 is 67.2 Å². The van der Waals surface area contributed by atoms with E-state index >= 15 is 0 Å². The van der Waals surface area contributed by atoms with Crippen LogP contribution in [0.2, 0.25) is 0 Å². The van der Waals surface area contributed by atoms with Gasteiger partial charge in [-0.15, -0.1) is 0 Å². The number of fused-ring (bicyclic) bond motifs is 6. The molecule has 336 valence electrons. The number of phenols is 2. The van der Waals surface area contributed by atoms with Crippen LogP contribution in [0.1, 0.15) is 46.0 Å². The number of hydrogen-bond acceptors (Lipinski definition) is 15. The lowest BCUT2D eigenvalue weighted by molar-refractivity contribution is -0.135. The molecule has 1 spiro atoms. The molecule has 5 N–H and O–H groups in total. The van der Waals surface area contributed by atoms with E-state index in [4.69, 9.17) is 54.8 Å². The van der Waals surface area contributed by atoms with Crippen molar-refractivity contribution in [2.24, 2.45) is 0 Å². The van der Waals surface area contributed by atoms with Gasteiger partial charge in [-0.05, 0) is 66.3 Å². The monoisotopic (exact) mass is 889 g/mol. The quantitative estimate of drug-likeness (QED) is 0.0265. The lowest BCUT2D eigenvalue weighted by Gasteiger charge is -2.36. The largest absolute Gasteiger partial charge is 0.508 e. The Morgan fingerprint density at radius 2 is 1.17 bits per heavy atom. The first-order valence-corrected chi connectivity index (χ1v) is 20.8. The standard InChI is InChI=1S/C45H51N3O14S/c1-30(49)47-29-31-2-7-35(8-3-31)60-42(52)12-14-54-16-18-56-20-22-58-24-25-59-23-21-57-19-17-55-15-13-46-44(63)48-32-4-9-37-36(26-32)43(53)62-45(37)38-10-5-33(50)27-40(38)61-41-28-34(51)6-11-39(41)45/h2-11,26-28,50-51H,12-25,29H2,1H3,(H,47,49)(H2,46,48,63). The zero-order valence-electron chi connectivity index (χ0n) is 34.8. The van der Waals surface area contributed by atoms with E-state index in [0.29, 0.717) is 136 Å². The highest BCUT2D eigenvalue weighted by Crippen LogP contribution is 2.57. The summed E-state index contributed by atoms with van der Waals surface area (Å²) in [7, 11) is 0. The first kappa shape index (κ1) is 46.6. The van der Waals surface area contributed by atoms with Crippen LogP contribution in [0.25, 0.3) is 0 Å². The number of carbonyl (C=O) groups excluding carboxylic acids is 3. The van der Waals surface area contributed by atoms with Gasteiger partial charge in [-0.2, -0.15) is 0 Å². The number of phenolic OH excluding ortho intramolecular Hbond substituents is 2. The number of nitrogens with one attached hydrogen (secondary N) is 3. The molecule has 17 nitrogen and oxygen atoms in total. The number of esters is 2. The first-order chi connectivity index (χ1) is 30.6. The fourth-order valence-corrected chi connectivity index (χ4v) is 6.86. The maximum absolute atomic E-state index is 13.4. The molecule has 0 unspecified atom stereocenters. The molecular weight excluding hydrogens is 839 g/mol. The van der Waals surface area contributed by atoms with Crippen LogP contribution < -0.4 is 25.4 Å². The second-order valence-corrected chi connectivity index (χ2v) is 14.5. The first-order valence-electron chi connectivity index (χ1n) is 20.4. The zero-order valence-corrected chi connectivity index (χ0v) is 35.6. The predicted molar refractivity (Wildman–Crippen MR) is 231 cm³/mol. The highest BCUT2D eigenvalue weighted by Gasteiger charge is 2.53. The smallest absolute Gasteiger partial charge is 0.340 e. The van der Waals surface area contributed by atoms with E-state index in [0.717, 1.165) is 5.56 Å². The summed E-state index contributed by atoms with van der Waals surface area (Å²) in [5, 5.41) is 29.5. The highest BCUT2D eigenvalue weighted by molar-refractivity contribution is 7.80. The van der Waals surface area contributed by atoms with Crippen molar-refractivity contribution in [1.82, 2.24) is 10.6 Å². The van der Waals surface area contributed by atoms with Crippen LogP contribution in [-0.2, 0) is 54.9 Å². The summed E-state index contributed by atoms with van der Waals surface area (Å²) in [6.07, 6.45) is 0.113. The van der Waals surface area contributed by atoms with Crippen LogP contribution >= 0.6 is 12.2 Å². The molecule has 6 rings (SSSR count). The average molecular weight is 890 g/mol. The minimum atomic E-state index is -1.34. The van der Waals surface area contributed by atoms with Crippen LogP contribution in [0.15, 0.2) is 78.9 Å². The van der Waals surface area contributed by atoms with Gasteiger partial charge in [0.15, 0.2) is 10.7 Å². The minimum absolute atomic E-state index is 0.0174. The maximum Gasteiger partial charge on any atom is 0.340 e. The van der Waals surface area contributed by atoms with E-state index in [1.165, 1.54) is 31.2 Å². The van der Waals surface area contributed by atoms with Gasteiger partial charge in [-0.25, -0.2) is 4.79 Å². The number of rotatable bonds is 25. The summed E-state index contributed by atoms with van der Waals surface area (Å²) in [5.74, 6) is -0.0428. The molecule has 0 aliphatic carbocycles. The van der Waals surface area contributed by atoms with Crippen LogP contribution in [-0.4, -0.2) is 119 Å². The van der Waals surface area contributed by atoms with Crippen molar-refractivity contribution in [2.75, 3.05) is 91.1 Å². The van der Waals surface area contributed by atoms with E-state index in [1.54, 1.807) is 54.6 Å². The number of benzene rings is 4. The Bertz CT molecular complexity index is 2140. The van der Waals surface area contributed by atoms with Gasteiger partial charge in [0.2, 0.25) is 5.91 Å². The lowest BCUT2D eigenvalue weighted by atomic mass is 9.77. The molecule has 4 aromatic carbocycles. The third-order valence-corrected chi connectivity index (χ3v) is 9.82. The molecule has 0 saturated carbocycles. The Labute approximate surface area is 369 Å². The second kappa shape index (κ2) is 23.5. The van der Waals surface area contributed by atoms with Crippen molar-refractivity contribution in [2.45, 2.75) is 25.5 Å². The summed E-state index contributed by atoms with van der Waals surface area (Å²) in [5.41, 5.74) is 2.16. The number of ether oxygens (including phenoxy) is 9. The Kier molecular flexibility index (Phi) is 17.4. The topological polar surface area (TPSA) is 211 Å². The van der Waals surface area contributed by atoms with Crippen LogP contribution in [0.4, 0.5) is 5.69 Å². The van der Waals surface area contributed by atoms with Crippen molar-refractivity contribution in [3.63, 3.8) is 0 Å². The van der Waals surface area contributed by atoms with Crippen molar-refractivity contribution in [1.29, 1.82) is 0 Å². The Morgan fingerprint density at radius 1 is 0.651 bits per heavy atom. The summed E-state index contributed by atoms with van der Waals surface area (Å²) in [6, 6.07) is 21.4. The van der Waals surface area contributed by atoms with Gasteiger partial charge in [0.25, 0.3) is 0 Å². The minimum Gasteiger partial charge on any atom is -0.508 e. The van der Waals surface area contributed by atoms with Crippen LogP contribution in [0.3, 0.4) is 0 Å². The van der Waals surface area contributed by atoms with Crippen molar-refractivity contribution in [3.05, 3.63) is 107 Å². The predicted octanol–water partition coefficient (Wildman–Crippen LogP) is 4.68. The third-order valence-electron chi connectivity index (χ3n) is 9.57. The van der Waals surface area contributed by atoms with Crippen molar-refractivity contribution in [3.8, 4) is 28.7 Å². The fraction of sp³-hybridized carbons (Fsp3) is 0.378. The number of anilines is 1. The highest BCUT2D eigenvalue weighted by atomic mass is 32.1. The van der Waals surface area contributed by atoms with Crippen LogP contribution in [0, 0.1) is 0 Å². The molecule has 0 aromatic heterocycles. The van der Waals surface area contributed by atoms with Gasteiger partial charge in [-0.1, -0.05) is 18.2 Å². The Balaban J connectivity index is 0.737. The Hall–Kier alpha value is -5.86. The number of amides is 1. The number of carbonyl (C=O) groups is 3. The zero-order chi connectivity index (χ0) is 44.4. The molecule has 1 amide bonds. The molecule has 18 heteroatoms. The summed E-state index contributed by atoms with van der Waals surface area (Å²) >= 11 is 5.46. The molecular formula is C45H51N3O14S. The number of thiocarbonyl (C=S) groups is 1. The SMILES string of the molecule is CC(=O)NCc1ccc(OC(=O)CCOCCOCCOCCOCCOCCOCCNC(=S)Nc2ccc3c(c2)C(=O)OC32c3ccc(O)cc3Oc3cc(O)ccc32)cc1. The lowest BCUT2D eigenvalue weighted by Crippen LogP contribution is -2.33. The van der Waals surface area contributed by atoms with E-state index in [9.17, 15) is 24.6 Å². The number of aromatic hydroxyl groups is 2. The van der Waals surface area contributed by atoms with Gasteiger partial charge < -0.3 is 68.8 Å². The van der Waals surface area contributed by atoms with Crippen molar-refractivity contribution >= 4 is 40.9 Å². The fourth-order valence-electron chi connectivity index (χ4n) is 6.64. The van der Waals surface area contributed by atoms with E-state index in [1.807, 2.05) is 0 Å². The Morgan fingerprint density at radius 3 is 1.73 bits per heavy atom. The van der Waals surface area contributed by atoms with Gasteiger partial charge in [0, 0.05) is 54.5 Å². The van der Waals surface area contributed by atoms with E-state index < -0.39 is 17.5 Å². The van der Waals surface area contributed by atoms with Gasteiger partial charge >= 0.3 is 11.9 Å². The third kappa shape index (κ3) is 13.3. The summed E-state index contributed by atoms with van der Waals surface area (Å²) in [6.45, 7) is 6.93. The normalized spacial score (nSPS) is 13.0. The molecule has 0 radical (unpaired) electrons. The molecule has 0 saturated heterocycles. The average Bonchev–Trinajstić information content (AvgIpc) is 3.54. The maximum atomic E-state index is 13.4. The molecule has 0 bridgehead atoms. The van der Waals surface area contributed by atoms with E-state index in [-0.39, 0.29) is 30.4 Å². The van der Waals surface area contributed by atoms with E-state index in [2.05, 4.69) is 16.0 Å². The second-order valence-electron chi connectivity index (χ2n) is 14.1. The molecule has 2 aliphatic rings. The number of hydrogen-bond donors (Lipinski definition) is 5. The van der Waals surface area contributed by atoms with Crippen LogP contribution in [0.5, 0.6) is 28.7 Å². The molecule has 0 atom stereocenters. The summed E-state index contributed by atoms with van der Waals surface area (Å²) in [4.78, 5) is 36.4.